The van der Waals surface area contributed by atoms with Crippen LogP contribution in [0, 0.1) is 0 Å². The number of esters is 1. The molecule has 1 aromatic heterocycles. The average molecular weight is 575 g/mol. The molecule has 0 aliphatic carbocycles. The second-order valence-corrected chi connectivity index (χ2v) is 10.6. The summed E-state index contributed by atoms with van der Waals surface area (Å²) in [5.41, 5.74) is 7.58. The number of rotatable bonds is 11. The normalized spacial score (nSPS) is 14.6. The molecule has 2 heterocycles. The first kappa shape index (κ1) is 30.2. The molecule has 0 saturated carbocycles. The second kappa shape index (κ2) is 14.7. The summed E-state index contributed by atoms with van der Waals surface area (Å²) >= 11 is 2.81. The van der Waals surface area contributed by atoms with Crippen LogP contribution in [0.5, 0.6) is 11.5 Å². The van der Waals surface area contributed by atoms with E-state index in [0.717, 1.165) is 36.3 Å². The summed E-state index contributed by atoms with van der Waals surface area (Å²) in [5, 5.41) is 19.7. The summed E-state index contributed by atoms with van der Waals surface area (Å²) in [6, 6.07) is 9.28. The summed E-state index contributed by atoms with van der Waals surface area (Å²) in [4.78, 5) is 33.5. The van der Waals surface area contributed by atoms with E-state index in [1.165, 1.54) is 23.1 Å². The number of aliphatic carboxylic acids is 1. The lowest BCUT2D eigenvalue weighted by Gasteiger charge is -2.17. The van der Waals surface area contributed by atoms with E-state index in [4.69, 9.17) is 20.3 Å². The molecule has 1 atom stereocenters. The molecule has 4 rings (SSSR count). The number of nitrogen functional groups attached to an aromatic ring is 1. The van der Waals surface area contributed by atoms with Crippen molar-refractivity contribution in [2.24, 2.45) is 4.99 Å². The third-order valence-corrected chi connectivity index (χ3v) is 7.94. The maximum atomic E-state index is 11.9. The molecule has 12 heteroatoms. The van der Waals surface area contributed by atoms with Gasteiger partial charge in [0.05, 0.1) is 28.1 Å². The molecule has 0 fully saturated rings. The van der Waals surface area contributed by atoms with Crippen LogP contribution in [0.15, 0.2) is 41.4 Å². The minimum Gasteiger partial charge on any atom is -0.508 e. The van der Waals surface area contributed by atoms with Gasteiger partial charge in [0.2, 0.25) is 0 Å². The molecule has 2 aromatic carbocycles. The number of aromatic hydroxyl groups is 1. The minimum atomic E-state index is -0.906. The van der Waals surface area contributed by atoms with Crippen LogP contribution < -0.4 is 10.5 Å². The fourth-order valence-electron chi connectivity index (χ4n) is 3.53. The molecule has 0 saturated heterocycles. The molecule has 0 unspecified atom stereocenters. The van der Waals surface area contributed by atoms with Crippen LogP contribution >= 0.6 is 23.1 Å². The standard InChI is InChI=1S/C16H26N2O3.C11H8N2O3S2/c1-4-10-20-15-8-7-13(12-14(15)17)16(19)21-11-9-18(5-2)6-3;14-5-1-2-6-8(3-5)18-10(12-6)9-13-7(4-17-9)11(15)16/h7-8,12H,4-6,9-11,17H2,1-3H3;1-3,7,14H,4H2,(H,15,16)/t;7-/m.1/s1. The molecule has 39 heavy (non-hydrogen) atoms. The van der Waals surface area contributed by atoms with Crippen LogP contribution in [0.25, 0.3) is 10.2 Å². The number of hydrogen-bond donors (Lipinski definition) is 3. The molecule has 3 aromatic rings. The number of anilines is 1. The quantitative estimate of drug-likeness (QED) is 0.221. The maximum Gasteiger partial charge on any atom is 0.338 e. The molecule has 0 radical (unpaired) electrons. The highest BCUT2D eigenvalue weighted by atomic mass is 32.2. The molecular weight excluding hydrogens is 540 g/mol. The Kier molecular flexibility index (Phi) is 11.4. The lowest BCUT2D eigenvalue weighted by molar-refractivity contribution is -0.137. The van der Waals surface area contributed by atoms with Crippen LogP contribution in [0.4, 0.5) is 5.69 Å². The van der Waals surface area contributed by atoms with Gasteiger partial charge in [-0.15, -0.1) is 23.1 Å². The number of thioether (sulfide) groups is 1. The number of fused-ring (bicyclic) bond motifs is 1. The molecule has 0 amide bonds. The van der Waals surface area contributed by atoms with Gasteiger partial charge in [-0.05, 0) is 55.9 Å². The minimum absolute atomic E-state index is 0.196. The number of carbonyl (C=O) groups excluding carboxylic acids is 1. The number of nitrogens with two attached hydrogens (primary N) is 1. The van der Waals surface area contributed by atoms with Gasteiger partial charge < -0.3 is 30.3 Å². The third kappa shape index (κ3) is 8.57. The molecule has 0 bridgehead atoms. The molecule has 1 aliphatic rings. The number of carboxylic acid groups (broad SMARTS) is 1. The number of nitrogens with zero attached hydrogens (tertiary/aromatic N) is 3. The summed E-state index contributed by atoms with van der Waals surface area (Å²) in [5.74, 6) is -0.00270. The monoisotopic (exact) mass is 574 g/mol. The highest BCUT2D eigenvalue weighted by Gasteiger charge is 2.26. The SMILES string of the molecule is CCCOc1ccc(C(=O)OCCN(CC)CC)cc1N.O=C(O)[C@H]1CSC(c2nc3ccc(O)cc3s2)=N1. The number of carbonyl (C=O) groups is 2. The van der Waals surface area contributed by atoms with Crippen molar-refractivity contribution in [2.75, 3.05) is 44.3 Å². The first-order valence-corrected chi connectivity index (χ1v) is 14.5. The van der Waals surface area contributed by atoms with E-state index in [-0.39, 0.29) is 11.7 Å². The molecule has 0 spiro atoms. The number of ether oxygens (including phenoxy) is 2. The van der Waals surface area contributed by atoms with Crippen LogP contribution in [0.1, 0.15) is 42.6 Å². The van der Waals surface area contributed by atoms with Gasteiger partial charge in [0.25, 0.3) is 0 Å². The van der Waals surface area contributed by atoms with Gasteiger partial charge in [0.15, 0.2) is 6.04 Å². The second-order valence-electron chi connectivity index (χ2n) is 8.53. The lowest BCUT2D eigenvalue weighted by atomic mass is 10.2. The fraction of sp³-hybridized carbons (Fsp3) is 0.407. The van der Waals surface area contributed by atoms with Gasteiger partial charge >= 0.3 is 11.9 Å². The number of phenolic OH excluding ortho intramolecular Hbond substituents is 1. The van der Waals surface area contributed by atoms with Gasteiger partial charge in [-0.3, -0.25) is 4.99 Å². The Morgan fingerprint density at radius 2 is 1.90 bits per heavy atom. The smallest absolute Gasteiger partial charge is 0.338 e. The van der Waals surface area contributed by atoms with E-state index in [1.54, 1.807) is 36.4 Å². The van der Waals surface area contributed by atoms with Gasteiger partial charge in [-0.2, -0.15) is 0 Å². The van der Waals surface area contributed by atoms with Crippen molar-refractivity contribution < 1.29 is 29.3 Å². The van der Waals surface area contributed by atoms with Crippen LogP contribution in [0.2, 0.25) is 0 Å². The van der Waals surface area contributed by atoms with E-state index >= 15 is 0 Å². The number of aromatic nitrogens is 1. The number of carboxylic acids is 1. The van der Waals surface area contributed by atoms with Crippen molar-refractivity contribution in [2.45, 2.75) is 33.2 Å². The Balaban J connectivity index is 0.000000217. The molecule has 4 N–H and O–H groups in total. The predicted octanol–water partition coefficient (Wildman–Crippen LogP) is 4.50. The number of benzene rings is 2. The van der Waals surface area contributed by atoms with Crippen molar-refractivity contribution in [1.82, 2.24) is 9.88 Å². The largest absolute Gasteiger partial charge is 0.508 e. The van der Waals surface area contributed by atoms with E-state index in [2.05, 4.69) is 28.7 Å². The lowest BCUT2D eigenvalue weighted by Crippen LogP contribution is -2.27. The van der Waals surface area contributed by atoms with Crippen molar-refractivity contribution in [3.05, 3.63) is 47.0 Å². The Morgan fingerprint density at radius 1 is 1.13 bits per heavy atom. The van der Waals surface area contributed by atoms with Crippen LogP contribution in [0.3, 0.4) is 0 Å². The first-order valence-electron chi connectivity index (χ1n) is 12.7. The zero-order valence-corrected chi connectivity index (χ0v) is 23.9. The summed E-state index contributed by atoms with van der Waals surface area (Å²) < 4.78 is 11.6. The highest BCUT2D eigenvalue weighted by Crippen LogP contribution is 2.31. The zero-order valence-electron chi connectivity index (χ0n) is 22.3. The first-order chi connectivity index (χ1) is 18.7. The van der Waals surface area contributed by atoms with Crippen molar-refractivity contribution in [1.29, 1.82) is 0 Å². The Morgan fingerprint density at radius 3 is 2.54 bits per heavy atom. The topological polar surface area (TPSA) is 148 Å². The molecule has 1 aliphatic heterocycles. The Bertz CT molecular complexity index is 1310. The Hall–Kier alpha value is -3.35. The van der Waals surface area contributed by atoms with Gasteiger partial charge in [0.1, 0.15) is 28.2 Å². The number of thiazole rings is 1. The van der Waals surface area contributed by atoms with E-state index < -0.39 is 12.0 Å². The van der Waals surface area contributed by atoms with Gasteiger partial charge in [-0.25, -0.2) is 14.6 Å². The predicted molar refractivity (Wildman–Crippen MR) is 156 cm³/mol. The third-order valence-electron chi connectivity index (χ3n) is 5.73. The van der Waals surface area contributed by atoms with Crippen molar-refractivity contribution >= 4 is 56.0 Å². The highest BCUT2D eigenvalue weighted by molar-refractivity contribution is 8.15. The van der Waals surface area contributed by atoms with E-state index in [9.17, 15) is 14.7 Å². The van der Waals surface area contributed by atoms with Crippen LogP contribution in [-0.4, -0.2) is 81.7 Å². The van der Waals surface area contributed by atoms with Gasteiger partial charge in [-0.1, -0.05) is 20.8 Å². The van der Waals surface area contributed by atoms with Crippen molar-refractivity contribution in [3.8, 4) is 11.5 Å². The molecule has 10 nitrogen and oxygen atoms in total. The number of phenols is 1. The summed E-state index contributed by atoms with van der Waals surface area (Å²) in [7, 11) is 0. The van der Waals surface area contributed by atoms with Gasteiger partial charge in [0, 0.05) is 12.3 Å². The van der Waals surface area contributed by atoms with E-state index in [0.29, 0.717) is 46.0 Å². The summed E-state index contributed by atoms with van der Waals surface area (Å²) in [6.07, 6.45) is 0.911. The van der Waals surface area contributed by atoms with Crippen molar-refractivity contribution in [3.63, 3.8) is 0 Å². The maximum absolute atomic E-state index is 11.9. The fourth-order valence-corrected chi connectivity index (χ4v) is 5.63. The zero-order chi connectivity index (χ0) is 28.4. The number of aliphatic imine (C=N–C) groups is 1. The number of hydrogen-bond acceptors (Lipinski definition) is 11. The molecular formula is C27H34N4O6S2. The number of likely N-dealkylation sites (N-methyl/N-ethyl adjacent to an activating group) is 1. The molecule has 210 valence electrons. The average Bonchev–Trinajstić information content (AvgIpc) is 3.58. The Labute approximate surface area is 235 Å². The summed E-state index contributed by atoms with van der Waals surface area (Å²) in [6.45, 7) is 9.83. The van der Waals surface area contributed by atoms with Crippen LogP contribution in [-0.2, 0) is 9.53 Å². The van der Waals surface area contributed by atoms with E-state index in [1.807, 2.05) is 6.92 Å².